The molecule has 0 unspecified atom stereocenters. The molecule has 2 heterocycles. The summed E-state index contributed by atoms with van der Waals surface area (Å²) in [6.07, 6.45) is 3.22. The lowest BCUT2D eigenvalue weighted by Crippen LogP contribution is -2.03. The lowest BCUT2D eigenvalue weighted by atomic mass is 10.1. The van der Waals surface area contributed by atoms with Crippen molar-refractivity contribution in [2.75, 3.05) is 11.9 Å². The van der Waals surface area contributed by atoms with Crippen molar-refractivity contribution in [3.8, 4) is 0 Å². The average Bonchev–Trinajstić information content (AvgIpc) is 3.10. The van der Waals surface area contributed by atoms with E-state index < -0.39 is 0 Å². The van der Waals surface area contributed by atoms with Gasteiger partial charge in [0.05, 0.1) is 22.9 Å². The van der Waals surface area contributed by atoms with E-state index in [0.717, 1.165) is 39.9 Å². The highest BCUT2D eigenvalue weighted by Gasteiger charge is 2.09. The molecule has 26 heavy (non-hydrogen) atoms. The highest BCUT2D eigenvalue weighted by Crippen LogP contribution is 2.25. The first kappa shape index (κ1) is 16.1. The molecule has 0 saturated carbocycles. The number of aromatic nitrogens is 4. The maximum absolute atomic E-state index is 10.6. The fraction of sp³-hybridized carbons (Fsp3) is 0.150. The number of nitrogens with one attached hydrogen (secondary N) is 2. The molecule has 3 N–H and O–H groups in total. The number of aliphatic hydroxyl groups is 1. The molecule has 0 saturated heterocycles. The number of rotatable bonds is 4. The quantitative estimate of drug-likeness (QED) is 0.480. The number of imidazole rings is 1. The molecule has 130 valence electrons. The number of fused-ring (bicyclic) bond motifs is 2. The average molecular weight is 345 g/mol. The Morgan fingerprint density at radius 2 is 2.12 bits per heavy atom. The summed E-state index contributed by atoms with van der Waals surface area (Å²) < 4.78 is 0. The molecule has 6 nitrogen and oxygen atoms in total. The van der Waals surface area contributed by atoms with Gasteiger partial charge in [-0.3, -0.25) is 0 Å². The second-order valence-electron chi connectivity index (χ2n) is 6.10. The Hall–Kier alpha value is -3.41. The van der Waals surface area contributed by atoms with Gasteiger partial charge in [-0.05, 0) is 43.7 Å². The molecule has 0 aliphatic carbocycles. The molecule has 0 radical (unpaired) electrons. The predicted molar refractivity (Wildman–Crippen MR) is 105 cm³/mol. The van der Waals surface area contributed by atoms with Crippen LogP contribution < -0.4 is 5.32 Å². The van der Waals surface area contributed by atoms with Crippen LogP contribution in [0, 0.1) is 6.92 Å². The van der Waals surface area contributed by atoms with E-state index in [9.17, 15) is 5.11 Å². The largest absolute Gasteiger partial charge is 0.507 e. The number of hydrogen-bond acceptors (Lipinski definition) is 5. The molecular weight excluding hydrogens is 326 g/mol. The van der Waals surface area contributed by atoms with E-state index in [4.69, 9.17) is 0 Å². The maximum Gasteiger partial charge on any atom is 0.158 e. The summed E-state index contributed by atoms with van der Waals surface area (Å²) >= 11 is 0. The van der Waals surface area contributed by atoms with E-state index in [0.29, 0.717) is 11.4 Å². The van der Waals surface area contributed by atoms with Gasteiger partial charge in [-0.2, -0.15) is 0 Å². The van der Waals surface area contributed by atoms with E-state index in [2.05, 4.69) is 25.3 Å². The Morgan fingerprint density at radius 3 is 2.96 bits per heavy atom. The maximum atomic E-state index is 10.6. The van der Waals surface area contributed by atoms with Crippen molar-refractivity contribution in [1.29, 1.82) is 0 Å². The summed E-state index contributed by atoms with van der Waals surface area (Å²) in [5.41, 5.74) is 4.35. The molecule has 0 amide bonds. The fourth-order valence-electron chi connectivity index (χ4n) is 2.98. The Bertz CT molecular complexity index is 1130. The van der Waals surface area contributed by atoms with Crippen LogP contribution in [0.4, 0.5) is 5.82 Å². The van der Waals surface area contributed by atoms with Crippen molar-refractivity contribution in [3.63, 3.8) is 0 Å². The van der Waals surface area contributed by atoms with Crippen LogP contribution in [-0.4, -0.2) is 31.6 Å². The first-order valence-electron chi connectivity index (χ1n) is 8.51. The van der Waals surface area contributed by atoms with E-state index in [1.165, 1.54) is 0 Å². The molecule has 0 fully saturated rings. The Kier molecular flexibility index (Phi) is 4.01. The highest BCUT2D eigenvalue weighted by atomic mass is 16.3. The molecule has 0 aliphatic rings. The molecule has 4 aromatic rings. The highest BCUT2D eigenvalue weighted by molar-refractivity contribution is 5.92. The van der Waals surface area contributed by atoms with Crippen molar-refractivity contribution < 1.29 is 5.11 Å². The molecule has 6 heteroatoms. The number of aryl methyl sites for hydroxylation is 1. The number of hydrogen-bond donors (Lipinski definition) is 3. The smallest absolute Gasteiger partial charge is 0.158 e. The van der Waals surface area contributed by atoms with E-state index in [1.807, 2.05) is 50.2 Å². The molecule has 0 spiro atoms. The van der Waals surface area contributed by atoms with Crippen molar-refractivity contribution in [3.05, 3.63) is 59.7 Å². The van der Waals surface area contributed by atoms with Gasteiger partial charge in [0.1, 0.15) is 11.6 Å². The Balaban J connectivity index is 1.82. The third-order valence-corrected chi connectivity index (χ3v) is 4.27. The zero-order chi connectivity index (χ0) is 18.1. The Labute approximate surface area is 150 Å². The van der Waals surface area contributed by atoms with E-state index in [-0.39, 0.29) is 5.76 Å². The van der Waals surface area contributed by atoms with Gasteiger partial charge in [0.2, 0.25) is 0 Å². The van der Waals surface area contributed by atoms with Gasteiger partial charge in [-0.25, -0.2) is 15.0 Å². The van der Waals surface area contributed by atoms with Gasteiger partial charge < -0.3 is 15.4 Å². The van der Waals surface area contributed by atoms with E-state index >= 15 is 0 Å². The van der Waals surface area contributed by atoms with Gasteiger partial charge in [0.15, 0.2) is 5.82 Å². The zero-order valence-electron chi connectivity index (χ0n) is 14.6. The predicted octanol–water partition coefficient (Wildman–Crippen LogP) is 4.30. The summed E-state index contributed by atoms with van der Waals surface area (Å²) in [7, 11) is 0. The molecule has 0 atom stereocenters. The number of nitrogens with zero attached hydrogens (tertiary/aromatic N) is 3. The van der Waals surface area contributed by atoms with Gasteiger partial charge in [0, 0.05) is 23.6 Å². The molecule has 2 aromatic heterocycles. The van der Waals surface area contributed by atoms with Crippen LogP contribution in [0.5, 0.6) is 0 Å². The first-order valence-corrected chi connectivity index (χ1v) is 8.51. The summed E-state index contributed by atoms with van der Waals surface area (Å²) in [5.74, 6) is 1.34. The minimum Gasteiger partial charge on any atom is -0.507 e. The van der Waals surface area contributed by atoms with Crippen LogP contribution in [0.25, 0.3) is 33.8 Å². The number of aromatic amines is 1. The second kappa shape index (κ2) is 6.48. The summed E-state index contributed by atoms with van der Waals surface area (Å²) in [5, 5.41) is 14.8. The lowest BCUT2D eigenvalue weighted by molar-refractivity contribution is 0.515. The normalized spacial score (nSPS) is 12.0. The minimum absolute atomic E-state index is 0.108. The molecule has 0 aliphatic heterocycles. The van der Waals surface area contributed by atoms with Crippen LogP contribution in [0.15, 0.2) is 42.7 Å². The van der Waals surface area contributed by atoms with Crippen LogP contribution >= 0.6 is 0 Å². The van der Waals surface area contributed by atoms with Crippen LogP contribution in [-0.2, 0) is 0 Å². The van der Waals surface area contributed by atoms with Crippen LogP contribution in [0.2, 0.25) is 0 Å². The van der Waals surface area contributed by atoms with Crippen molar-refractivity contribution >= 4 is 39.6 Å². The summed E-state index contributed by atoms with van der Waals surface area (Å²) in [4.78, 5) is 16.4. The zero-order valence-corrected chi connectivity index (χ0v) is 14.6. The second-order valence-corrected chi connectivity index (χ2v) is 6.10. The van der Waals surface area contributed by atoms with E-state index in [1.54, 1.807) is 12.4 Å². The third kappa shape index (κ3) is 2.86. The molecular formula is C20H19N5O. The van der Waals surface area contributed by atoms with Crippen molar-refractivity contribution in [2.45, 2.75) is 13.8 Å². The number of benzene rings is 2. The van der Waals surface area contributed by atoms with Crippen molar-refractivity contribution in [2.24, 2.45) is 0 Å². The van der Waals surface area contributed by atoms with Crippen LogP contribution in [0.1, 0.15) is 23.9 Å². The first-order chi connectivity index (χ1) is 12.7. The van der Waals surface area contributed by atoms with Crippen molar-refractivity contribution in [1.82, 2.24) is 19.9 Å². The number of H-pyrrole nitrogens is 1. The van der Waals surface area contributed by atoms with Gasteiger partial charge in [-0.15, -0.1) is 0 Å². The lowest BCUT2D eigenvalue weighted by Gasteiger charge is -2.10. The number of anilines is 1. The van der Waals surface area contributed by atoms with Gasteiger partial charge >= 0.3 is 0 Å². The van der Waals surface area contributed by atoms with Crippen LogP contribution in [0.3, 0.4) is 0 Å². The fourth-order valence-corrected chi connectivity index (χ4v) is 2.98. The third-order valence-electron chi connectivity index (χ3n) is 4.27. The topological polar surface area (TPSA) is 86.7 Å². The SMILES string of the molecule is CCNc1nc(/C=C(\O)c2ccc3nc[nH]c3c2)nc2c(C)cccc12. The van der Waals surface area contributed by atoms with Gasteiger partial charge in [0.25, 0.3) is 0 Å². The molecule has 0 bridgehead atoms. The summed E-state index contributed by atoms with van der Waals surface area (Å²) in [6, 6.07) is 11.6. The standard InChI is InChI=1S/C20H19N5O/c1-3-21-20-14-6-4-5-12(2)19(14)24-18(25-20)10-17(26)13-7-8-15-16(9-13)23-11-22-15/h4-11,26H,3H2,1-2H3,(H,22,23)(H,21,24,25)/b17-10-. The minimum atomic E-state index is 0.108. The monoisotopic (exact) mass is 345 g/mol. The summed E-state index contributed by atoms with van der Waals surface area (Å²) in [6.45, 7) is 4.80. The molecule has 4 rings (SSSR count). The number of aliphatic hydroxyl groups excluding tert-OH is 1. The number of para-hydroxylation sites is 1. The van der Waals surface area contributed by atoms with Gasteiger partial charge in [-0.1, -0.05) is 12.1 Å². The molecule has 2 aromatic carbocycles. The Morgan fingerprint density at radius 1 is 1.23 bits per heavy atom.